The molecule has 11 heteroatoms. The van der Waals surface area contributed by atoms with Gasteiger partial charge in [0.15, 0.2) is 12.2 Å². The lowest BCUT2D eigenvalue weighted by Gasteiger charge is -2.49. The van der Waals surface area contributed by atoms with Crippen LogP contribution in [-0.2, 0) is 9.53 Å². The van der Waals surface area contributed by atoms with E-state index in [0.29, 0.717) is 24.2 Å². The Balaban J connectivity index is 0.00000408. The van der Waals surface area contributed by atoms with E-state index in [1.165, 1.54) is 13.2 Å². The average Bonchev–Trinajstić information content (AvgIpc) is 2.76. The standard InChI is InChI=1S/C23H35NO9.ClH/c1-24(2,21-19(28)17(26)18(27)20(33-21)22(29)30)12-15(23(31)9-5-4-6-10-23)14-8-7-13(32-3)11-16(14)25;/h7-8,11,15,17-21,26-28,31H,4-6,9-10,12H2,1-3H3,(H-,25,29,30);1H. The number of aliphatic hydroxyl groups excluding tert-OH is 3. The minimum absolute atomic E-state index is 0. The van der Waals surface area contributed by atoms with Gasteiger partial charge in [0.2, 0.25) is 6.23 Å². The molecular weight excluding hydrogens is 470 g/mol. The minimum atomic E-state index is -1.78. The monoisotopic (exact) mass is 505 g/mol. The molecule has 1 aromatic carbocycles. The zero-order valence-corrected chi connectivity index (χ0v) is 20.4. The van der Waals surface area contributed by atoms with Gasteiger partial charge in [0.1, 0.15) is 23.7 Å². The van der Waals surface area contributed by atoms with Crippen LogP contribution in [0.3, 0.4) is 0 Å². The number of quaternary nitrogens is 1. The second-order valence-electron chi connectivity index (χ2n) is 9.86. The molecule has 1 aromatic rings. The highest BCUT2D eigenvalue weighted by Gasteiger charge is 2.54. The fourth-order valence-electron chi connectivity index (χ4n) is 5.23. The summed E-state index contributed by atoms with van der Waals surface area (Å²) in [6, 6.07) is 4.87. The molecule has 1 saturated carbocycles. The molecule has 1 heterocycles. The van der Waals surface area contributed by atoms with Gasteiger partial charge in [-0.15, -0.1) is 0 Å². The summed E-state index contributed by atoms with van der Waals surface area (Å²) in [7, 11) is 4.87. The second-order valence-corrected chi connectivity index (χ2v) is 9.86. The molecular formula is C23H36ClNO9. The van der Waals surface area contributed by atoms with Gasteiger partial charge >= 0.3 is 5.97 Å². The van der Waals surface area contributed by atoms with Crippen LogP contribution >= 0.6 is 0 Å². The van der Waals surface area contributed by atoms with E-state index in [1.54, 1.807) is 26.2 Å². The Kier molecular flexibility index (Phi) is 9.20. The van der Waals surface area contributed by atoms with Crippen molar-refractivity contribution >= 4 is 5.97 Å². The number of phenols is 1. The second kappa shape index (κ2) is 10.9. The molecule has 6 N–H and O–H groups in total. The third-order valence-electron chi connectivity index (χ3n) is 7.15. The van der Waals surface area contributed by atoms with Crippen LogP contribution in [0.1, 0.15) is 43.6 Å². The predicted molar refractivity (Wildman–Crippen MR) is 117 cm³/mol. The van der Waals surface area contributed by atoms with Gasteiger partial charge < -0.3 is 57.0 Å². The van der Waals surface area contributed by atoms with E-state index in [-0.39, 0.29) is 29.2 Å². The molecule has 6 atom stereocenters. The van der Waals surface area contributed by atoms with Crippen LogP contribution in [0.2, 0.25) is 0 Å². The normalized spacial score (nSPS) is 30.1. The number of carboxylic acids is 1. The van der Waals surface area contributed by atoms with E-state index >= 15 is 0 Å². The van der Waals surface area contributed by atoms with Gasteiger partial charge in [0, 0.05) is 11.6 Å². The first kappa shape index (κ1) is 28.6. The summed E-state index contributed by atoms with van der Waals surface area (Å²) in [5.74, 6) is -1.61. The Morgan fingerprint density at radius 1 is 1.15 bits per heavy atom. The highest BCUT2D eigenvalue weighted by atomic mass is 35.5. The van der Waals surface area contributed by atoms with Gasteiger partial charge in [-0.3, -0.25) is 0 Å². The van der Waals surface area contributed by atoms with Crippen LogP contribution in [0.15, 0.2) is 18.2 Å². The van der Waals surface area contributed by atoms with E-state index in [4.69, 9.17) is 9.47 Å². The van der Waals surface area contributed by atoms with Crippen molar-refractivity contribution in [3.63, 3.8) is 0 Å². The van der Waals surface area contributed by atoms with Crippen LogP contribution in [0.25, 0.3) is 0 Å². The molecule has 0 bridgehead atoms. The van der Waals surface area contributed by atoms with Crippen molar-refractivity contribution in [1.29, 1.82) is 0 Å². The quantitative estimate of drug-likeness (QED) is 0.215. The lowest BCUT2D eigenvalue weighted by Crippen LogP contribution is -3.00. The Morgan fingerprint density at radius 2 is 1.76 bits per heavy atom. The largest absolute Gasteiger partial charge is 1.00 e. The van der Waals surface area contributed by atoms with Gasteiger partial charge in [-0.25, -0.2) is 4.79 Å². The number of aliphatic hydroxyl groups is 4. The van der Waals surface area contributed by atoms with Crippen molar-refractivity contribution in [2.45, 2.75) is 74.3 Å². The van der Waals surface area contributed by atoms with Gasteiger partial charge in [0.05, 0.1) is 39.3 Å². The summed E-state index contributed by atoms with van der Waals surface area (Å²) in [4.78, 5) is 11.6. The predicted octanol–water partition coefficient (Wildman–Crippen LogP) is -2.85. The summed E-state index contributed by atoms with van der Waals surface area (Å²) in [6.07, 6.45) is -4.26. The van der Waals surface area contributed by atoms with Crippen LogP contribution in [0.5, 0.6) is 11.5 Å². The minimum Gasteiger partial charge on any atom is -1.00 e. The van der Waals surface area contributed by atoms with Crippen molar-refractivity contribution < 1.29 is 61.8 Å². The van der Waals surface area contributed by atoms with Crippen LogP contribution in [0.4, 0.5) is 0 Å². The molecule has 10 nitrogen and oxygen atoms in total. The zero-order valence-electron chi connectivity index (χ0n) is 19.7. The number of hydrogen-bond donors (Lipinski definition) is 6. The van der Waals surface area contributed by atoms with Crippen LogP contribution in [-0.4, -0.2) is 105 Å². The number of aromatic hydroxyl groups is 1. The molecule has 2 aliphatic rings. The molecule has 0 aromatic heterocycles. The SMILES string of the molecule is COc1ccc(C(C[N+](C)(C)C2OC(C(=O)O)C(O)C(O)C2O)C2(O)CCCCC2)c(O)c1.[Cl-]. The average molecular weight is 506 g/mol. The maximum Gasteiger partial charge on any atom is 0.335 e. The van der Waals surface area contributed by atoms with Crippen molar-refractivity contribution in [3.8, 4) is 11.5 Å². The lowest BCUT2D eigenvalue weighted by atomic mass is 9.72. The first-order chi connectivity index (χ1) is 15.4. The number of ether oxygens (including phenoxy) is 2. The van der Waals surface area contributed by atoms with E-state index in [2.05, 4.69) is 0 Å². The molecule has 6 unspecified atom stereocenters. The van der Waals surface area contributed by atoms with E-state index in [1.807, 2.05) is 0 Å². The molecule has 194 valence electrons. The summed E-state index contributed by atoms with van der Waals surface area (Å²) >= 11 is 0. The number of rotatable bonds is 7. The number of benzene rings is 1. The van der Waals surface area contributed by atoms with Crippen molar-refractivity contribution in [2.24, 2.45) is 0 Å². The Labute approximate surface area is 205 Å². The number of nitrogens with zero attached hydrogens (tertiary/aromatic N) is 1. The number of phenolic OH excluding ortho intramolecular Hbond substituents is 1. The third-order valence-corrected chi connectivity index (χ3v) is 7.15. The molecule has 1 aliphatic carbocycles. The smallest absolute Gasteiger partial charge is 0.335 e. The fraction of sp³-hybridized carbons (Fsp3) is 0.696. The number of likely N-dealkylation sites (N-methyl/N-ethyl adjacent to an activating group) is 1. The number of aliphatic carboxylic acids is 1. The molecule has 0 spiro atoms. The van der Waals surface area contributed by atoms with Gasteiger partial charge in [-0.2, -0.15) is 0 Å². The maximum absolute atomic E-state index is 11.7. The lowest BCUT2D eigenvalue weighted by molar-refractivity contribution is -0.946. The van der Waals surface area contributed by atoms with Crippen molar-refractivity contribution in [1.82, 2.24) is 0 Å². The number of carbonyl (C=O) groups is 1. The number of methoxy groups -OCH3 is 1. The zero-order chi connectivity index (χ0) is 24.6. The Morgan fingerprint density at radius 3 is 2.29 bits per heavy atom. The summed E-state index contributed by atoms with van der Waals surface area (Å²) in [6.45, 7) is 0.160. The molecule has 1 aliphatic heterocycles. The molecule has 34 heavy (non-hydrogen) atoms. The molecule has 1 saturated heterocycles. The van der Waals surface area contributed by atoms with Gasteiger partial charge in [0.25, 0.3) is 0 Å². The first-order valence-electron chi connectivity index (χ1n) is 11.3. The van der Waals surface area contributed by atoms with Crippen LogP contribution in [0, 0.1) is 0 Å². The third kappa shape index (κ3) is 5.59. The Bertz CT molecular complexity index is 846. The van der Waals surface area contributed by atoms with Crippen LogP contribution < -0.4 is 17.1 Å². The van der Waals surface area contributed by atoms with E-state index in [9.17, 15) is 35.4 Å². The Hall–Kier alpha value is -1.66. The highest BCUT2D eigenvalue weighted by molar-refractivity contribution is 5.73. The number of carboxylic acid groups (broad SMARTS) is 1. The molecule has 0 radical (unpaired) electrons. The molecule has 2 fully saturated rings. The van der Waals surface area contributed by atoms with Gasteiger partial charge in [-0.05, 0) is 18.9 Å². The van der Waals surface area contributed by atoms with E-state index in [0.717, 1.165) is 19.3 Å². The van der Waals surface area contributed by atoms with Crippen molar-refractivity contribution in [2.75, 3.05) is 27.7 Å². The van der Waals surface area contributed by atoms with E-state index < -0.39 is 48.1 Å². The maximum atomic E-state index is 11.7. The fourth-order valence-corrected chi connectivity index (χ4v) is 5.23. The first-order valence-corrected chi connectivity index (χ1v) is 11.3. The highest BCUT2D eigenvalue weighted by Crippen LogP contribution is 2.45. The number of hydrogen-bond acceptors (Lipinski definition) is 8. The topological polar surface area (TPSA) is 157 Å². The van der Waals surface area contributed by atoms with Gasteiger partial charge in [-0.1, -0.05) is 25.3 Å². The van der Waals surface area contributed by atoms with Crippen molar-refractivity contribution in [3.05, 3.63) is 23.8 Å². The number of halogens is 1. The summed E-state index contributed by atoms with van der Waals surface area (Å²) in [5, 5.41) is 62.8. The molecule has 0 amide bonds. The summed E-state index contributed by atoms with van der Waals surface area (Å²) < 4.78 is 10.6. The molecule has 3 rings (SSSR count). The summed E-state index contributed by atoms with van der Waals surface area (Å²) in [5.41, 5.74) is -0.629.